The van der Waals surface area contributed by atoms with Gasteiger partial charge in [0.2, 0.25) is 5.91 Å². The number of carbonyl (C=O) groups excluding carboxylic acids is 1. The first-order valence-electron chi connectivity index (χ1n) is 6.92. The summed E-state index contributed by atoms with van der Waals surface area (Å²) in [6, 6.07) is 5.36. The Kier molecular flexibility index (Phi) is 3.74. The summed E-state index contributed by atoms with van der Waals surface area (Å²) in [7, 11) is 1.55. The van der Waals surface area contributed by atoms with Crippen molar-refractivity contribution in [3.05, 3.63) is 23.8 Å². The number of ether oxygens (including phenoxy) is 1. The normalized spacial score (nSPS) is 18.9. The molecule has 1 aliphatic carbocycles. The first-order chi connectivity index (χ1) is 9.64. The van der Waals surface area contributed by atoms with Crippen LogP contribution in [0.2, 0.25) is 0 Å². The summed E-state index contributed by atoms with van der Waals surface area (Å²) in [4.78, 5) is 12.8. The summed E-state index contributed by atoms with van der Waals surface area (Å²) in [5.74, 6) is 0.492. The molecule has 1 saturated carbocycles. The van der Waals surface area contributed by atoms with Crippen LogP contribution in [-0.2, 0) is 4.79 Å². The van der Waals surface area contributed by atoms with Crippen LogP contribution >= 0.6 is 12.2 Å². The highest BCUT2D eigenvalue weighted by Crippen LogP contribution is 2.68. The number of hydrogen-bond acceptors (Lipinski definition) is 3. The van der Waals surface area contributed by atoms with Gasteiger partial charge in [-0.15, -0.1) is 0 Å². The summed E-state index contributed by atoms with van der Waals surface area (Å²) in [5.41, 5.74) is 6.86. The molecule has 5 heteroatoms. The number of thiocarbonyl (C=S) groups is 1. The maximum absolute atomic E-state index is 12.6. The summed E-state index contributed by atoms with van der Waals surface area (Å²) < 4.78 is 5.31. The maximum atomic E-state index is 12.6. The largest absolute Gasteiger partial charge is 0.495 e. The van der Waals surface area contributed by atoms with Gasteiger partial charge in [-0.3, -0.25) is 4.79 Å². The molecular weight excluding hydrogens is 284 g/mol. The molecule has 0 atom stereocenters. The molecule has 2 rings (SSSR count). The lowest BCUT2D eigenvalue weighted by Gasteiger charge is -2.15. The summed E-state index contributed by atoms with van der Waals surface area (Å²) in [6.07, 6.45) is 0. The van der Waals surface area contributed by atoms with E-state index in [4.69, 9.17) is 22.7 Å². The highest BCUT2D eigenvalue weighted by Gasteiger charge is 2.68. The predicted molar refractivity (Wildman–Crippen MR) is 88.6 cm³/mol. The van der Waals surface area contributed by atoms with E-state index in [0.717, 1.165) is 0 Å². The number of amides is 1. The standard InChI is InChI=1S/C16H22N2O2S/c1-15(2)12(16(15,3)4)14(19)18-11-9(13(17)21)7-6-8-10(11)20-5/h6-8,12H,1-5H3,(H2,17,21)(H,18,19). The van der Waals surface area contributed by atoms with E-state index >= 15 is 0 Å². The van der Waals surface area contributed by atoms with Crippen LogP contribution in [0.15, 0.2) is 18.2 Å². The molecule has 0 spiro atoms. The molecule has 114 valence electrons. The third-order valence-electron chi connectivity index (χ3n) is 5.04. The second-order valence-corrected chi connectivity index (χ2v) is 7.05. The van der Waals surface area contributed by atoms with E-state index in [2.05, 4.69) is 33.0 Å². The van der Waals surface area contributed by atoms with Crippen LogP contribution in [0.1, 0.15) is 33.3 Å². The van der Waals surface area contributed by atoms with Gasteiger partial charge in [-0.1, -0.05) is 46.0 Å². The van der Waals surface area contributed by atoms with E-state index in [9.17, 15) is 4.79 Å². The summed E-state index contributed by atoms with van der Waals surface area (Å²) >= 11 is 5.05. The monoisotopic (exact) mass is 306 g/mol. The van der Waals surface area contributed by atoms with Gasteiger partial charge >= 0.3 is 0 Å². The molecule has 0 saturated heterocycles. The minimum atomic E-state index is -0.0471. The van der Waals surface area contributed by atoms with Crippen LogP contribution in [0.5, 0.6) is 5.75 Å². The lowest BCUT2D eigenvalue weighted by Crippen LogP contribution is -2.21. The molecule has 1 aliphatic rings. The summed E-state index contributed by atoms with van der Waals surface area (Å²) in [5, 5.41) is 2.95. The van der Waals surface area contributed by atoms with Crippen molar-refractivity contribution in [2.24, 2.45) is 22.5 Å². The molecule has 4 nitrogen and oxygen atoms in total. The molecule has 21 heavy (non-hydrogen) atoms. The van der Waals surface area contributed by atoms with Gasteiger partial charge < -0.3 is 15.8 Å². The molecule has 0 unspecified atom stereocenters. The van der Waals surface area contributed by atoms with Crippen molar-refractivity contribution in [2.75, 3.05) is 12.4 Å². The van der Waals surface area contributed by atoms with Gasteiger partial charge in [0.25, 0.3) is 0 Å². The number of para-hydroxylation sites is 1. The molecule has 0 heterocycles. The van der Waals surface area contributed by atoms with E-state index in [1.54, 1.807) is 25.3 Å². The highest BCUT2D eigenvalue weighted by atomic mass is 32.1. The molecule has 1 aromatic rings. The Labute approximate surface area is 131 Å². The van der Waals surface area contributed by atoms with Crippen molar-refractivity contribution in [1.82, 2.24) is 0 Å². The zero-order valence-corrected chi connectivity index (χ0v) is 13.9. The molecule has 0 aromatic heterocycles. The Morgan fingerprint density at radius 1 is 1.29 bits per heavy atom. The molecule has 1 fully saturated rings. The minimum absolute atomic E-state index is 0.0213. The van der Waals surface area contributed by atoms with Crippen LogP contribution in [0.4, 0.5) is 5.69 Å². The number of nitrogens with one attached hydrogen (secondary N) is 1. The number of anilines is 1. The van der Waals surface area contributed by atoms with Gasteiger partial charge in [0, 0.05) is 11.5 Å². The molecule has 0 bridgehead atoms. The molecule has 1 amide bonds. The van der Waals surface area contributed by atoms with E-state index < -0.39 is 0 Å². The van der Waals surface area contributed by atoms with Crippen molar-refractivity contribution in [1.29, 1.82) is 0 Å². The van der Waals surface area contributed by atoms with Crippen molar-refractivity contribution in [3.63, 3.8) is 0 Å². The predicted octanol–water partition coefficient (Wildman–Crippen LogP) is 2.95. The van der Waals surface area contributed by atoms with E-state index in [1.165, 1.54) is 0 Å². The topological polar surface area (TPSA) is 64.3 Å². The third-order valence-corrected chi connectivity index (χ3v) is 5.26. The lowest BCUT2D eigenvalue weighted by molar-refractivity contribution is -0.118. The fraction of sp³-hybridized carbons (Fsp3) is 0.500. The lowest BCUT2D eigenvalue weighted by atomic mass is 10.0. The quantitative estimate of drug-likeness (QED) is 0.840. The Morgan fingerprint density at radius 3 is 2.29 bits per heavy atom. The van der Waals surface area contributed by atoms with Gasteiger partial charge in [0.05, 0.1) is 12.8 Å². The van der Waals surface area contributed by atoms with Crippen molar-refractivity contribution in [2.45, 2.75) is 27.7 Å². The zero-order chi connectivity index (χ0) is 16.0. The van der Waals surface area contributed by atoms with Crippen LogP contribution in [0.25, 0.3) is 0 Å². The van der Waals surface area contributed by atoms with Crippen LogP contribution in [0.3, 0.4) is 0 Å². The number of carbonyl (C=O) groups is 1. The maximum Gasteiger partial charge on any atom is 0.228 e. The van der Waals surface area contributed by atoms with Gasteiger partial charge in [0.15, 0.2) is 0 Å². The number of hydrogen-bond donors (Lipinski definition) is 2. The van der Waals surface area contributed by atoms with Crippen LogP contribution in [0, 0.1) is 16.7 Å². The average molecular weight is 306 g/mol. The molecular formula is C16H22N2O2S. The highest BCUT2D eigenvalue weighted by molar-refractivity contribution is 7.80. The Balaban J connectivity index is 2.32. The second-order valence-electron chi connectivity index (χ2n) is 6.61. The first-order valence-corrected chi connectivity index (χ1v) is 7.33. The Morgan fingerprint density at radius 2 is 1.86 bits per heavy atom. The number of benzene rings is 1. The van der Waals surface area contributed by atoms with E-state index in [0.29, 0.717) is 17.0 Å². The fourth-order valence-corrected chi connectivity index (χ4v) is 3.25. The van der Waals surface area contributed by atoms with Crippen molar-refractivity contribution in [3.8, 4) is 5.75 Å². The van der Waals surface area contributed by atoms with Gasteiger partial charge in [-0.25, -0.2) is 0 Å². The third kappa shape index (κ3) is 2.39. The fourth-order valence-electron chi connectivity index (χ4n) is 3.08. The van der Waals surface area contributed by atoms with E-state index in [-0.39, 0.29) is 27.6 Å². The molecule has 1 aromatic carbocycles. The smallest absolute Gasteiger partial charge is 0.228 e. The first kappa shape index (κ1) is 15.8. The van der Waals surface area contributed by atoms with Crippen LogP contribution in [-0.4, -0.2) is 18.0 Å². The number of nitrogens with two attached hydrogens (primary N) is 1. The second kappa shape index (κ2) is 4.98. The zero-order valence-electron chi connectivity index (χ0n) is 13.1. The minimum Gasteiger partial charge on any atom is -0.495 e. The summed E-state index contributed by atoms with van der Waals surface area (Å²) in [6.45, 7) is 8.42. The van der Waals surface area contributed by atoms with Gasteiger partial charge in [-0.2, -0.15) is 0 Å². The molecule has 0 radical (unpaired) electrons. The molecule has 0 aliphatic heterocycles. The number of methoxy groups -OCH3 is 1. The average Bonchev–Trinajstić information content (AvgIpc) is 2.79. The number of rotatable bonds is 4. The SMILES string of the molecule is COc1cccc(C(N)=S)c1NC(=O)C1C(C)(C)C1(C)C. The van der Waals surface area contributed by atoms with Gasteiger partial charge in [-0.05, 0) is 23.0 Å². The Bertz CT molecular complexity index is 594. The van der Waals surface area contributed by atoms with Crippen molar-refractivity contribution < 1.29 is 9.53 Å². The Hall–Kier alpha value is -1.62. The van der Waals surface area contributed by atoms with Gasteiger partial charge in [0.1, 0.15) is 10.7 Å². The van der Waals surface area contributed by atoms with E-state index in [1.807, 2.05) is 0 Å². The molecule has 3 N–H and O–H groups in total. The van der Waals surface area contributed by atoms with Crippen molar-refractivity contribution >= 4 is 28.8 Å². The van der Waals surface area contributed by atoms with Crippen LogP contribution < -0.4 is 15.8 Å².